The SMILES string of the molecule is CSNc1cc(Br)cc(NC(=O)c2cc(-c3ccccc3O)c(C)s2)c1. The molecule has 0 aliphatic heterocycles. The second-order valence-corrected chi connectivity index (χ2v) is 8.37. The van der Waals surface area contributed by atoms with E-state index in [9.17, 15) is 9.90 Å². The number of carbonyl (C=O) groups is 1. The van der Waals surface area contributed by atoms with E-state index in [-0.39, 0.29) is 11.7 Å². The summed E-state index contributed by atoms with van der Waals surface area (Å²) in [6.07, 6.45) is 1.94. The van der Waals surface area contributed by atoms with Crippen LogP contribution >= 0.6 is 39.2 Å². The van der Waals surface area contributed by atoms with E-state index in [1.807, 2.05) is 49.6 Å². The molecule has 3 N–H and O–H groups in total. The van der Waals surface area contributed by atoms with E-state index >= 15 is 0 Å². The van der Waals surface area contributed by atoms with Crippen LogP contribution in [0.15, 0.2) is 53.0 Å². The summed E-state index contributed by atoms with van der Waals surface area (Å²) < 4.78 is 4.03. The lowest BCUT2D eigenvalue weighted by Crippen LogP contribution is -2.10. The molecule has 0 saturated carbocycles. The highest BCUT2D eigenvalue weighted by atomic mass is 79.9. The Morgan fingerprint density at radius 3 is 2.58 bits per heavy atom. The van der Waals surface area contributed by atoms with Crippen molar-refractivity contribution < 1.29 is 9.90 Å². The molecule has 0 spiro atoms. The van der Waals surface area contributed by atoms with Crippen LogP contribution in [0, 0.1) is 6.92 Å². The van der Waals surface area contributed by atoms with E-state index < -0.39 is 0 Å². The third kappa shape index (κ3) is 4.23. The molecule has 0 saturated heterocycles. The first kappa shape index (κ1) is 18.8. The predicted molar refractivity (Wildman–Crippen MR) is 115 cm³/mol. The highest BCUT2D eigenvalue weighted by Gasteiger charge is 2.16. The number of hydrogen-bond acceptors (Lipinski definition) is 5. The third-order valence-corrected chi connectivity index (χ3v) is 5.66. The van der Waals surface area contributed by atoms with E-state index in [0.717, 1.165) is 26.2 Å². The first-order chi connectivity index (χ1) is 12.5. The molecule has 0 bridgehead atoms. The van der Waals surface area contributed by atoms with Gasteiger partial charge in [-0.15, -0.1) is 11.3 Å². The molecule has 0 radical (unpaired) electrons. The molecule has 7 heteroatoms. The van der Waals surface area contributed by atoms with Crippen LogP contribution in [0.5, 0.6) is 5.75 Å². The van der Waals surface area contributed by atoms with Gasteiger partial charge < -0.3 is 15.1 Å². The Balaban J connectivity index is 1.86. The van der Waals surface area contributed by atoms with Crippen molar-refractivity contribution in [3.05, 3.63) is 62.8 Å². The predicted octanol–water partition coefficient (Wildman–Crippen LogP) is 6.13. The van der Waals surface area contributed by atoms with Crippen LogP contribution in [-0.4, -0.2) is 17.3 Å². The largest absolute Gasteiger partial charge is 0.507 e. The van der Waals surface area contributed by atoms with Crippen LogP contribution in [0.3, 0.4) is 0 Å². The van der Waals surface area contributed by atoms with Gasteiger partial charge in [-0.05, 0) is 42.8 Å². The molecule has 26 heavy (non-hydrogen) atoms. The third-order valence-electron chi connectivity index (χ3n) is 3.71. The van der Waals surface area contributed by atoms with E-state index in [1.165, 1.54) is 23.3 Å². The number of amides is 1. The minimum atomic E-state index is -0.173. The Hall–Kier alpha value is -1.96. The number of phenolic OH excluding ortho intramolecular Hbond substituents is 1. The molecule has 0 aliphatic carbocycles. The van der Waals surface area contributed by atoms with Crippen molar-refractivity contribution >= 4 is 56.5 Å². The van der Waals surface area contributed by atoms with Gasteiger partial charge in [0.2, 0.25) is 0 Å². The standard InChI is InChI=1S/C19H17BrN2O2S2/c1-11-16(15-5-3-4-6-17(15)23)10-18(26-11)19(24)21-13-7-12(20)8-14(9-13)22-25-2/h3-10,22-23H,1-2H3,(H,21,24). The molecule has 1 amide bonds. The highest BCUT2D eigenvalue weighted by Crippen LogP contribution is 2.36. The smallest absolute Gasteiger partial charge is 0.265 e. The lowest BCUT2D eigenvalue weighted by molar-refractivity contribution is 0.103. The molecule has 3 aromatic rings. The summed E-state index contributed by atoms with van der Waals surface area (Å²) in [6.45, 7) is 1.95. The van der Waals surface area contributed by atoms with Gasteiger partial charge in [0, 0.05) is 32.5 Å². The van der Waals surface area contributed by atoms with Crippen LogP contribution in [-0.2, 0) is 0 Å². The Kier molecular flexibility index (Phi) is 5.90. The topological polar surface area (TPSA) is 61.4 Å². The number of aryl methyl sites for hydroxylation is 1. The van der Waals surface area contributed by atoms with Crippen molar-refractivity contribution in [1.29, 1.82) is 0 Å². The molecule has 2 aromatic carbocycles. The molecule has 1 aromatic heterocycles. The number of nitrogens with one attached hydrogen (secondary N) is 2. The lowest BCUT2D eigenvalue weighted by atomic mass is 10.1. The van der Waals surface area contributed by atoms with Gasteiger partial charge >= 0.3 is 0 Å². The van der Waals surface area contributed by atoms with Gasteiger partial charge in [-0.2, -0.15) is 0 Å². The molecule has 0 unspecified atom stereocenters. The number of rotatable bonds is 5. The van der Waals surface area contributed by atoms with Gasteiger partial charge in [-0.3, -0.25) is 4.79 Å². The van der Waals surface area contributed by atoms with Gasteiger partial charge in [0.25, 0.3) is 5.91 Å². The molecular formula is C19H17BrN2O2S2. The normalized spacial score (nSPS) is 10.6. The summed E-state index contributed by atoms with van der Waals surface area (Å²) in [5.74, 6) is 0.0353. The van der Waals surface area contributed by atoms with Gasteiger partial charge in [-0.1, -0.05) is 46.1 Å². The fourth-order valence-corrected chi connectivity index (χ4v) is 4.37. The molecule has 0 fully saturated rings. The monoisotopic (exact) mass is 448 g/mol. The van der Waals surface area contributed by atoms with Crippen molar-refractivity contribution in [2.45, 2.75) is 6.92 Å². The summed E-state index contributed by atoms with van der Waals surface area (Å²) in [6, 6.07) is 14.6. The van der Waals surface area contributed by atoms with Gasteiger partial charge in [0.1, 0.15) is 5.75 Å². The Labute approximate surface area is 168 Å². The Morgan fingerprint density at radius 2 is 1.85 bits per heavy atom. The molecular weight excluding hydrogens is 432 g/mol. The van der Waals surface area contributed by atoms with Crippen LogP contribution < -0.4 is 10.0 Å². The van der Waals surface area contributed by atoms with Crippen LogP contribution in [0.4, 0.5) is 11.4 Å². The number of hydrogen-bond donors (Lipinski definition) is 3. The summed E-state index contributed by atoms with van der Waals surface area (Å²) in [7, 11) is 0. The second-order valence-electron chi connectivity index (χ2n) is 5.59. The van der Waals surface area contributed by atoms with Crippen molar-refractivity contribution in [1.82, 2.24) is 0 Å². The zero-order valence-electron chi connectivity index (χ0n) is 14.2. The van der Waals surface area contributed by atoms with Crippen LogP contribution in [0.25, 0.3) is 11.1 Å². The Morgan fingerprint density at radius 1 is 1.12 bits per heavy atom. The molecule has 4 nitrogen and oxygen atoms in total. The van der Waals surface area contributed by atoms with Crippen LogP contribution in [0.1, 0.15) is 14.5 Å². The molecule has 3 rings (SSSR count). The summed E-state index contributed by atoms with van der Waals surface area (Å²) >= 11 is 6.35. The summed E-state index contributed by atoms with van der Waals surface area (Å²) in [4.78, 5) is 14.3. The van der Waals surface area contributed by atoms with Crippen molar-refractivity contribution in [3.8, 4) is 16.9 Å². The number of para-hydroxylation sites is 1. The number of carbonyl (C=O) groups excluding carboxylic acids is 1. The maximum Gasteiger partial charge on any atom is 0.265 e. The van der Waals surface area contributed by atoms with Crippen LogP contribution in [0.2, 0.25) is 0 Å². The molecule has 134 valence electrons. The Bertz CT molecular complexity index is 956. The molecule has 0 aliphatic rings. The van der Waals surface area contributed by atoms with Crippen molar-refractivity contribution in [2.24, 2.45) is 0 Å². The average molecular weight is 449 g/mol. The number of halogens is 1. The van der Waals surface area contributed by atoms with E-state index in [0.29, 0.717) is 10.6 Å². The fourth-order valence-electron chi connectivity index (χ4n) is 2.59. The maximum absolute atomic E-state index is 12.7. The van der Waals surface area contributed by atoms with Gasteiger partial charge in [0.05, 0.1) is 4.88 Å². The zero-order chi connectivity index (χ0) is 18.7. The number of phenols is 1. The molecule has 1 heterocycles. The van der Waals surface area contributed by atoms with Gasteiger partial charge in [-0.25, -0.2) is 0 Å². The second kappa shape index (κ2) is 8.16. The summed E-state index contributed by atoms with van der Waals surface area (Å²) in [5.41, 5.74) is 3.21. The van der Waals surface area contributed by atoms with Crippen molar-refractivity contribution in [3.63, 3.8) is 0 Å². The minimum Gasteiger partial charge on any atom is -0.507 e. The lowest BCUT2D eigenvalue weighted by Gasteiger charge is -2.08. The van der Waals surface area contributed by atoms with E-state index in [2.05, 4.69) is 26.0 Å². The number of anilines is 2. The average Bonchev–Trinajstić information content (AvgIpc) is 2.97. The van der Waals surface area contributed by atoms with E-state index in [4.69, 9.17) is 0 Å². The van der Waals surface area contributed by atoms with Gasteiger partial charge in [0.15, 0.2) is 0 Å². The quantitative estimate of drug-likeness (QED) is 0.410. The first-order valence-corrected chi connectivity index (χ1v) is 10.6. The highest BCUT2D eigenvalue weighted by molar-refractivity contribution is 9.10. The number of thiophene rings is 1. The molecule has 0 atom stereocenters. The first-order valence-electron chi connectivity index (χ1n) is 7.77. The minimum absolute atomic E-state index is 0.173. The fraction of sp³-hybridized carbons (Fsp3) is 0.105. The maximum atomic E-state index is 12.7. The summed E-state index contributed by atoms with van der Waals surface area (Å²) in [5, 5.41) is 13.0. The van der Waals surface area contributed by atoms with Crippen molar-refractivity contribution in [2.75, 3.05) is 16.3 Å². The van der Waals surface area contributed by atoms with E-state index in [1.54, 1.807) is 12.1 Å². The number of aromatic hydroxyl groups is 1. The number of benzene rings is 2. The zero-order valence-corrected chi connectivity index (χ0v) is 17.4.